The third-order valence-electron chi connectivity index (χ3n) is 2.72. The van der Waals surface area contributed by atoms with Crippen LogP contribution < -0.4 is 5.32 Å². The van der Waals surface area contributed by atoms with Crippen LogP contribution in [0.15, 0.2) is 36.5 Å². The summed E-state index contributed by atoms with van der Waals surface area (Å²) < 4.78 is 1.76. The van der Waals surface area contributed by atoms with Crippen LogP contribution in [-0.2, 0) is 7.05 Å². The first kappa shape index (κ1) is 11.7. The van der Waals surface area contributed by atoms with Gasteiger partial charge in [-0.3, -0.25) is 4.68 Å². The lowest BCUT2D eigenvalue weighted by Crippen LogP contribution is -2.15. The molecule has 2 rings (SSSR count). The second-order valence-electron chi connectivity index (χ2n) is 4.09. The summed E-state index contributed by atoms with van der Waals surface area (Å²) in [5.41, 5.74) is 2.96. The van der Waals surface area contributed by atoms with Crippen molar-refractivity contribution in [3.8, 4) is 0 Å². The maximum absolute atomic E-state index is 9.47. The Kier molecular flexibility index (Phi) is 3.44. The molecule has 0 aliphatic heterocycles. The van der Waals surface area contributed by atoms with Gasteiger partial charge >= 0.3 is 0 Å². The molecule has 4 heteroatoms. The molecule has 90 valence electrons. The number of aromatic nitrogens is 2. The minimum Gasteiger partial charge on any atom is -0.394 e. The van der Waals surface area contributed by atoms with Gasteiger partial charge in [0, 0.05) is 24.5 Å². The van der Waals surface area contributed by atoms with Crippen molar-refractivity contribution in [1.29, 1.82) is 0 Å². The van der Waals surface area contributed by atoms with Crippen LogP contribution in [0.25, 0.3) is 0 Å². The molecule has 17 heavy (non-hydrogen) atoms. The molecule has 1 aromatic heterocycles. The molecule has 0 saturated heterocycles. The molecule has 2 N–H and O–H groups in total. The van der Waals surface area contributed by atoms with E-state index in [1.165, 1.54) is 0 Å². The van der Waals surface area contributed by atoms with Crippen molar-refractivity contribution in [2.24, 2.45) is 7.05 Å². The number of benzene rings is 1. The van der Waals surface area contributed by atoms with E-state index in [-0.39, 0.29) is 12.6 Å². The van der Waals surface area contributed by atoms with Gasteiger partial charge in [-0.15, -0.1) is 0 Å². The van der Waals surface area contributed by atoms with Crippen molar-refractivity contribution in [2.45, 2.75) is 13.0 Å². The van der Waals surface area contributed by atoms with Crippen LogP contribution in [-0.4, -0.2) is 21.5 Å². The zero-order chi connectivity index (χ0) is 12.3. The van der Waals surface area contributed by atoms with Gasteiger partial charge in [0.1, 0.15) is 0 Å². The summed E-state index contributed by atoms with van der Waals surface area (Å²) in [5, 5.41) is 17.1. The highest BCUT2D eigenvalue weighted by molar-refractivity contribution is 5.45. The van der Waals surface area contributed by atoms with Gasteiger partial charge in [-0.05, 0) is 19.1 Å². The molecule has 0 aliphatic rings. The summed E-state index contributed by atoms with van der Waals surface area (Å²) in [7, 11) is 1.88. The topological polar surface area (TPSA) is 50.1 Å². The van der Waals surface area contributed by atoms with Crippen LogP contribution in [0, 0.1) is 6.92 Å². The van der Waals surface area contributed by atoms with Crippen molar-refractivity contribution >= 4 is 5.69 Å². The van der Waals surface area contributed by atoms with E-state index in [2.05, 4.69) is 10.4 Å². The molecule has 1 unspecified atom stereocenters. The average molecular weight is 231 g/mol. The molecule has 0 radical (unpaired) electrons. The lowest BCUT2D eigenvalue weighted by Gasteiger charge is -2.16. The molecule has 1 aromatic carbocycles. The lowest BCUT2D eigenvalue weighted by atomic mass is 10.1. The van der Waals surface area contributed by atoms with Crippen LogP contribution >= 0.6 is 0 Å². The van der Waals surface area contributed by atoms with Crippen molar-refractivity contribution < 1.29 is 5.11 Å². The minimum atomic E-state index is -0.119. The number of aryl methyl sites for hydroxylation is 2. The first-order valence-corrected chi connectivity index (χ1v) is 5.63. The van der Waals surface area contributed by atoms with Gasteiger partial charge in [-0.1, -0.05) is 18.2 Å². The standard InChI is InChI=1S/C13H17N3O/c1-10-12(8-16(2)15-10)13(9-17)14-11-6-4-3-5-7-11/h3-8,13-14,17H,9H2,1-2H3. The Morgan fingerprint density at radius 3 is 2.59 bits per heavy atom. The van der Waals surface area contributed by atoms with Gasteiger partial charge in [-0.25, -0.2) is 0 Å². The molecular formula is C13H17N3O. The Bertz CT molecular complexity index is 479. The smallest absolute Gasteiger partial charge is 0.0778 e. The van der Waals surface area contributed by atoms with Crippen molar-refractivity contribution in [3.63, 3.8) is 0 Å². The molecule has 0 aliphatic carbocycles. The largest absolute Gasteiger partial charge is 0.394 e. The molecule has 0 amide bonds. The number of aliphatic hydroxyl groups excluding tert-OH is 1. The SMILES string of the molecule is Cc1nn(C)cc1C(CO)Nc1ccccc1. The Morgan fingerprint density at radius 2 is 2.06 bits per heavy atom. The van der Waals surface area contributed by atoms with E-state index >= 15 is 0 Å². The van der Waals surface area contributed by atoms with E-state index in [0.29, 0.717) is 0 Å². The molecule has 1 heterocycles. The third kappa shape index (κ3) is 2.65. The van der Waals surface area contributed by atoms with Gasteiger partial charge < -0.3 is 10.4 Å². The Balaban J connectivity index is 2.20. The number of rotatable bonds is 4. The highest BCUT2D eigenvalue weighted by Crippen LogP contribution is 2.21. The maximum atomic E-state index is 9.47. The number of hydrogen-bond acceptors (Lipinski definition) is 3. The van der Waals surface area contributed by atoms with E-state index in [0.717, 1.165) is 16.9 Å². The number of nitrogens with zero attached hydrogens (tertiary/aromatic N) is 2. The Morgan fingerprint density at radius 1 is 1.35 bits per heavy atom. The average Bonchev–Trinajstić information content (AvgIpc) is 2.67. The molecule has 2 aromatic rings. The monoisotopic (exact) mass is 231 g/mol. The van der Waals surface area contributed by atoms with Crippen LogP contribution in [0.4, 0.5) is 5.69 Å². The van der Waals surface area contributed by atoms with Gasteiger partial charge in [0.25, 0.3) is 0 Å². The predicted molar refractivity (Wildman–Crippen MR) is 67.8 cm³/mol. The van der Waals surface area contributed by atoms with E-state index < -0.39 is 0 Å². The summed E-state index contributed by atoms with van der Waals surface area (Å²) in [6.45, 7) is 1.99. The number of hydrogen-bond donors (Lipinski definition) is 2. The molecular weight excluding hydrogens is 214 g/mol. The van der Waals surface area contributed by atoms with Crippen LogP contribution in [0.3, 0.4) is 0 Å². The van der Waals surface area contributed by atoms with E-state index in [1.54, 1.807) is 4.68 Å². The number of nitrogens with one attached hydrogen (secondary N) is 1. The quantitative estimate of drug-likeness (QED) is 0.844. The molecule has 0 saturated carbocycles. The summed E-state index contributed by atoms with van der Waals surface area (Å²) >= 11 is 0. The van der Waals surface area contributed by atoms with Crippen molar-refractivity contribution in [1.82, 2.24) is 9.78 Å². The minimum absolute atomic E-state index is 0.0431. The van der Waals surface area contributed by atoms with E-state index in [4.69, 9.17) is 0 Å². The lowest BCUT2D eigenvalue weighted by molar-refractivity contribution is 0.276. The van der Waals surface area contributed by atoms with Crippen molar-refractivity contribution in [3.05, 3.63) is 47.8 Å². The van der Waals surface area contributed by atoms with E-state index in [9.17, 15) is 5.11 Å². The Labute approximate surface area is 101 Å². The van der Waals surface area contributed by atoms with Crippen molar-refractivity contribution in [2.75, 3.05) is 11.9 Å². The molecule has 1 atom stereocenters. The fraction of sp³-hybridized carbons (Fsp3) is 0.308. The number of aliphatic hydroxyl groups is 1. The summed E-state index contributed by atoms with van der Waals surface area (Å²) in [4.78, 5) is 0. The van der Waals surface area contributed by atoms with E-state index in [1.807, 2.05) is 50.5 Å². The predicted octanol–water partition coefficient (Wildman–Crippen LogP) is 1.87. The van der Waals surface area contributed by atoms with Crippen LogP contribution in [0.5, 0.6) is 0 Å². The molecule has 0 spiro atoms. The third-order valence-corrected chi connectivity index (χ3v) is 2.72. The highest BCUT2D eigenvalue weighted by Gasteiger charge is 2.15. The zero-order valence-corrected chi connectivity index (χ0v) is 10.1. The fourth-order valence-corrected chi connectivity index (χ4v) is 1.92. The fourth-order valence-electron chi connectivity index (χ4n) is 1.92. The first-order chi connectivity index (χ1) is 8.20. The normalized spacial score (nSPS) is 12.4. The zero-order valence-electron chi connectivity index (χ0n) is 10.1. The van der Waals surface area contributed by atoms with Crippen LogP contribution in [0.1, 0.15) is 17.3 Å². The second kappa shape index (κ2) is 5.01. The summed E-state index contributed by atoms with van der Waals surface area (Å²) in [6.07, 6.45) is 1.94. The summed E-state index contributed by atoms with van der Waals surface area (Å²) in [5.74, 6) is 0. The molecule has 0 fully saturated rings. The van der Waals surface area contributed by atoms with Gasteiger partial charge in [0.2, 0.25) is 0 Å². The summed E-state index contributed by atoms with van der Waals surface area (Å²) in [6, 6.07) is 9.74. The number of anilines is 1. The number of para-hydroxylation sites is 1. The van der Waals surface area contributed by atoms with Gasteiger partial charge in [-0.2, -0.15) is 5.10 Å². The highest BCUT2D eigenvalue weighted by atomic mass is 16.3. The maximum Gasteiger partial charge on any atom is 0.0778 e. The van der Waals surface area contributed by atoms with Gasteiger partial charge in [0.15, 0.2) is 0 Å². The van der Waals surface area contributed by atoms with Gasteiger partial charge in [0.05, 0.1) is 18.3 Å². The second-order valence-corrected chi connectivity index (χ2v) is 4.09. The van der Waals surface area contributed by atoms with Crippen LogP contribution in [0.2, 0.25) is 0 Å². The first-order valence-electron chi connectivity index (χ1n) is 5.63. The Hall–Kier alpha value is -1.81. The molecule has 0 bridgehead atoms. The molecule has 4 nitrogen and oxygen atoms in total.